The van der Waals surface area contributed by atoms with Gasteiger partial charge in [-0.15, -0.1) is 0 Å². The molecule has 0 aliphatic carbocycles. The molecule has 2 aromatic rings. The molecule has 0 saturated carbocycles. The molecule has 2 rings (SSSR count). The standard InChI is InChI=1S/C12H7F4NO2S/c13-7-4-5-8(14)11(6-7)17-20(18,19)12-9(15)2-1-3-10(12)16/h1-6,17H. The first-order valence-electron chi connectivity index (χ1n) is 5.23. The second-order valence-corrected chi connectivity index (χ2v) is 5.40. The van der Waals surface area contributed by atoms with E-state index in [4.69, 9.17) is 0 Å². The van der Waals surface area contributed by atoms with E-state index in [1.54, 1.807) is 4.72 Å². The molecule has 0 atom stereocenters. The van der Waals surface area contributed by atoms with Crippen LogP contribution in [0.2, 0.25) is 0 Å². The molecular weight excluding hydrogens is 298 g/mol. The highest BCUT2D eigenvalue weighted by Crippen LogP contribution is 2.23. The predicted molar refractivity (Wildman–Crippen MR) is 63.5 cm³/mol. The van der Waals surface area contributed by atoms with Gasteiger partial charge in [0.2, 0.25) is 0 Å². The fourth-order valence-corrected chi connectivity index (χ4v) is 2.71. The van der Waals surface area contributed by atoms with E-state index in [9.17, 15) is 26.0 Å². The fourth-order valence-electron chi connectivity index (χ4n) is 1.51. The smallest absolute Gasteiger partial charge is 0.267 e. The number of benzene rings is 2. The molecule has 20 heavy (non-hydrogen) atoms. The van der Waals surface area contributed by atoms with E-state index in [1.807, 2.05) is 0 Å². The van der Waals surface area contributed by atoms with Crippen molar-refractivity contribution in [3.63, 3.8) is 0 Å². The average Bonchev–Trinajstić information content (AvgIpc) is 2.33. The summed E-state index contributed by atoms with van der Waals surface area (Å²) in [6.07, 6.45) is 0. The summed E-state index contributed by atoms with van der Waals surface area (Å²) in [6.45, 7) is 0. The number of rotatable bonds is 3. The number of sulfonamides is 1. The summed E-state index contributed by atoms with van der Waals surface area (Å²) in [6, 6.07) is 4.47. The molecule has 0 radical (unpaired) electrons. The zero-order chi connectivity index (χ0) is 14.9. The lowest BCUT2D eigenvalue weighted by molar-refractivity contribution is 0.521. The van der Waals surface area contributed by atoms with Crippen LogP contribution in [0.4, 0.5) is 23.2 Å². The Morgan fingerprint density at radius 3 is 2.05 bits per heavy atom. The molecule has 2 aromatic carbocycles. The summed E-state index contributed by atoms with van der Waals surface area (Å²) in [4.78, 5) is -1.26. The highest BCUT2D eigenvalue weighted by atomic mass is 32.2. The van der Waals surface area contributed by atoms with Crippen LogP contribution in [0.15, 0.2) is 41.3 Å². The Labute approximate surface area is 111 Å². The zero-order valence-corrected chi connectivity index (χ0v) is 10.5. The van der Waals surface area contributed by atoms with E-state index in [2.05, 4.69) is 0 Å². The molecule has 1 N–H and O–H groups in total. The molecule has 0 fully saturated rings. The Hall–Kier alpha value is -2.09. The highest BCUT2D eigenvalue weighted by Gasteiger charge is 2.25. The second kappa shape index (κ2) is 5.12. The van der Waals surface area contributed by atoms with Gasteiger partial charge in [0, 0.05) is 6.07 Å². The summed E-state index contributed by atoms with van der Waals surface area (Å²) >= 11 is 0. The lowest BCUT2D eigenvalue weighted by Crippen LogP contribution is -2.17. The van der Waals surface area contributed by atoms with Crippen LogP contribution in [0.25, 0.3) is 0 Å². The van der Waals surface area contributed by atoms with Crippen LogP contribution < -0.4 is 4.72 Å². The first-order valence-corrected chi connectivity index (χ1v) is 6.71. The Balaban J connectivity index is 2.49. The van der Waals surface area contributed by atoms with Crippen molar-refractivity contribution in [1.29, 1.82) is 0 Å². The van der Waals surface area contributed by atoms with E-state index in [1.165, 1.54) is 0 Å². The van der Waals surface area contributed by atoms with Gasteiger partial charge in [0.1, 0.15) is 23.3 Å². The number of hydrogen-bond donors (Lipinski definition) is 1. The quantitative estimate of drug-likeness (QED) is 0.886. The average molecular weight is 305 g/mol. The fraction of sp³-hybridized carbons (Fsp3) is 0. The van der Waals surface area contributed by atoms with Crippen LogP contribution >= 0.6 is 0 Å². The van der Waals surface area contributed by atoms with E-state index >= 15 is 0 Å². The van der Waals surface area contributed by atoms with Crippen LogP contribution in [0.1, 0.15) is 0 Å². The second-order valence-electron chi connectivity index (χ2n) is 3.78. The van der Waals surface area contributed by atoms with E-state index < -0.39 is 43.9 Å². The summed E-state index contributed by atoms with van der Waals surface area (Å²) < 4.78 is 78.3. The third-order valence-corrected chi connectivity index (χ3v) is 3.78. The van der Waals surface area contributed by atoms with Gasteiger partial charge in [-0.2, -0.15) is 0 Å². The normalized spacial score (nSPS) is 11.4. The third kappa shape index (κ3) is 2.74. The van der Waals surface area contributed by atoms with Gasteiger partial charge in [0.25, 0.3) is 10.0 Å². The van der Waals surface area contributed by atoms with Crippen molar-refractivity contribution in [2.45, 2.75) is 4.90 Å². The van der Waals surface area contributed by atoms with Gasteiger partial charge in [-0.05, 0) is 24.3 Å². The highest BCUT2D eigenvalue weighted by molar-refractivity contribution is 7.92. The van der Waals surface area contributed by atoms with Crippen molar-refractivity contribution in [3.05, 3.63) is 59.7 Å². The topological polar surface area (TPSA) is 46.2 Å². The van der Waals surface area contributed by atoms with Gasteiger partial charge in [0.05, 0.1) is 5.69 Å². The van der Waals surface area contributed by atoms with Gasteiger partial charge in [0.15, 0.2) is 4.90 Å². The van der Waals surface area contributed by atoms with Crippen LogP contribution in [-0.4, -0.2) is 8.42 Å². The molecule has 0 aliphatic rings. The number of halogens is 4. The van der Waals surface area contributed by atoms with E-state index in [0.29, 0.717) is 12.1 Å². The lowest BCUT2D eigenvalue weighted by atomic mass is 10.3. The van der Waals surface area contributed by atoms with Crippen LogP contribution in [0, 0.1) is 23.3 Å². The number of anilines is 1. The van der Waals surface area contributed by atoms with Gasteiger partial charge in [-0.1, -0.05) is 6.07 Å². The van der Waals surface area contributed by atoms with Crippen LogP contribution in [0.3, 0.4) is 0 Å². The van der Waals surface area contributed by atoms with Crippen molar-refractivity contribution in [2.75, 3.05) is 4.72 Å². The Kier molecular flexibility index (Phi) is 3.67. The summed E-state index contributed by atoms with van der Waals surface area (Å²) in [5, 5.41) is 0. The van der Waals surface area contributed by atoms with Crippen molar-refractivity contribution in [2.24, 2.45) is 0 Å². The van der Waals surface area contributed by atoms with Gasteiger partial charge >= 0.3 is 0 Å². The van der Waals surface area contributed by atoms with Gasteiger partial charge < -0.3 is 0 Å². The maximum Gasteiger partial charge on any atom is 0.267 e. The molecule has 0 saturated heterocycles. The summed E-state index contributed by atoms with van der Waals surface area (Å²) in [5.74, 6) is -4.66. The van der Waals surface area contributed by atoms with Crippen LogP contribution in [-0.2, 0) is 10.0 Å². The summed E-state index contributed by atoms with van der Waals surface area (Å²) in [7, 11) is -4.72. The van der Waals surface area contributed by atoms with Crippen molar-refractivity contribution in [3.8, 4) is 0 Å². The molecule has 0 amide bonds. The van der Waals surface area contributed by atoms with E-state index in [-0.39, 0.29) is 0 Å². The largest absolute Gasteiger partial charge is 0.276 e. The third-order valence-electron chi connectivity index (χ3n) is 2.36. The molecule has 8 heteroatoms. The first-order chi connectivity index (χ1) is 9.31. The van der Waals surface area contributed by atoms with Crippen molar-refractivity contribution in [1.82, 2.24) is 0 Å². The number of nitrogens with one attached hydrogen (secondary N) is 1. The van der Waals surface area contributed by atoms with Gasteiger partial charge in [-0.25, -0.2) is 26.0 Å². The number of hydrogen-bond acceptors (Lipinski definition) is 2. The Morgan fingerprint density at radius 2 is 1.45 bits per heavy atom. The SMILES string of the molecule is O=S(=O)(Nc1cc(F)ccc1F)c1c(F)cccc1F. The molecule has 0 aromatic heterocycles. The van der Waals surface area contributed by atoms with Crippen molar-refractivity contribution >= 4 is 15.7 Å². The Bertz CT molecular complexity index is 742. The lowest BCUT2D eigenvalue weighted by Gasteiger charge is -2.10. The van der Waals surface area contributed by atoms with Gasteiger partial charge in [-0.3, -0.25) is 4.72 Å². The minimum atomic E-state index is -4.72. The maximum absolute atomic E-state index is 13.4. The molecule has 0 heterocycles. The van der Waals surface area contributed by atoms with Crippen LogP contribution in [0.5, 0.6) is 0 Å². The Morgan fingerprint density at radius 1 is 0.850 bits per heavy atom. The molecule has 106 valence electrons. The van der Waals surface area contributed by atoms with E-state index in [0.717, 1.165) is 24.3 Å². The minimum absolute atomic E-state index is 0.561. The van der Waals surface area contributed by atoms with Crippen molar-refractivity contribution < 1.29 is 26.0 Å². The molecule has 0 aliphatic heterocycles. The molecule has 0 unspecified atom stereocenters. The molecule has 3 nitrogen and oxygen atoms in total. The summed E-state index contributed by atoms with van der Waals surface area (Å²) in [5.41, 5.74) is -0.743. The maximum atomic E-state index is 13.4. The molecular formula is C12H7F4NO2S. The molecule has 0 bridgehead atoms. The predicted octanol–water partition coefficient (Wildman–Crippen LogP) is 3.04. The molecule has 0 spiro atoms. The minimum Gasteiger partial charge on any atom is -0.276 e. The first kappa shape index (κ1) is 14.3. The monoisotopic (exact) mass is 305 g/mol. The zero-order valence-electron chi connectivity index (χ0n) is 9.70.